The SMILES string of the molecule is CN(C)CCN(C)c1ccc(C(=O)Nc2n[nH]c3c2CN(S(=O)(=O)c2cc(F)cc(F)c2)CC3(C)C)c(NC(=O)C2CCOC2)c1. The molecule has 0 radical (unpaired) electrons. The molecule has 1 fully saturated rings. The van der Waals surface area contributed by atoms with E-state index in [1.165, 1.54) is 0 Å². The summed E-state index contributed by atoms with van der Waals surface area (Å²) in [5, 5.41) is 12.9. The van der Waals surface area contributed by atoms with Crippen molar-refractivity contribution in [1.82, 2.24) is 19.4 Å². The Hall–Kier alpha value is -3.92. The molecule has 2 aromatic carbocycles. The van der Waals surface area contributed by atoms with Crippen molar-refractivity contribution in [2.45, 2.75) is 37.1 Å². The van der Waals surface area contributed by atoms with Crippen molar-refractivity contribution in [2.24, 2.45) is 5.92 Å². The largest absolute Gasteiger partial charge is 0.381 e. The summed E-state index contributed by atoms with van der Waals surface area (Å²) < 4.78 is 61.4. The third-order valence-corrected chi connectivity index (χ3v) is 10.1. The van der Waals surface area contributed by atoms with Crippen LogP contribution in [-0.4, -0.2) is 93.6 Å². The fourth-order valence-electron chi connectivity index (χ4n) is 5.63. The predicted molar refractivity (Wildman–Crippen MR) is 169 cm³/mol. The smallest absolute Gasteiger partial charge is 0.258 e. The number of benzene rings is 2. The molecule has 0 aliphatic carbocycles. The Kier molecular flexibility index (Phi) is 9.50. The van der Waals surface area contributed by atoms with Crippen molar-refractivity contribution < 1.29 is 31.5 Å². The number of halogens is 2. The molecule has 0 bridgehead atoms. The Morgan fingerprint density at radius 2 is 1.80 bits per heavy atom. The summed E-state index contributed by atoms with van der Waals surface area (Å²) in [5.41, 5.74) is 1.54. The average Bonchev–Trinajstić information content (AvgIpc) is 3.66. The van der Waals surface area contributed by atoms with Gasteiger partial charge < -0.3 is 25.2 Å². The third-order valence-electron chi connectivity index (χ3n) is 8.29. The van der Waals surface area contributed by atoms with E-state index in [4.69, 9.17) is 4.74 Å². The Morgan fingerprint density at radius 3 is 2.46 bits per heavy atom. The highest BCUT2D eigenvalue weighted by atomic mass is 32.2. The van der Waals surface area contributed by atoms with E-state index in [1.54, 1.807) is 32.0 Å². The number of rotatable bonds is 10. The lowest BCUT2D eigenvalue weighted by Crippen LogP contribution is -2.45. The fourth-order valence-corrected chi connectivity index (χ4v) is 7.25. The number of aromatic nitrogens is 2. The zero-order valence-electron chi connectivity index (χ0n) is 26.5. The average molecular weight is 660 g/mol. The van der Waals surface area contributed by atoms with E-state index in [-0.39, 0.29) is 36.3 Å². The number of anilines is 3. The molecule has 1 unspecified atom stereocenters. The lowest BCUT2D eigenvalue weighted by atomic mass is 9.84. The highest BCUT2D eigenvalue weighted by molar-refractivity contribution is 7.89. The summed E-state index contributed by atoms with van der Waals surface area (Å²) in [6.45, 7) is 5.68. The third kappa shape index (κ3) is 7.07. The van der Waals surface area contributed by atoms with Crippen LogP contribution in [0.4, 0.5) is 26.0 Å². The maximum Gasteiger partial charge on any atom is 0.258 e. The van der Waals surface area contributed by atoms with E-state index in [0.717, 1.165) is 28.7 Å². The molecule has 0 saturated carbocycles. The maximum absolute atomic E-state index is 14.0. The second-order valence-corrected chi connectivity index (χ2v) is 14.6. The molecule has 1 atom stereocenters. The number of nitrogens with zero attached hydrogens (tertiary/aromatic N) is 4. The minimum atomic E-state index is -4.31. The number of aromatic amines is 1. The maximum atomic E-state index is 14.0. The van der Waals surface area contributed by atoms with Crippen molar-refractivity contribution in [3.05, 3.63) is 64.9 Å². The molecule has 12 nitrogen and oxygen atoms in total. The lowest BCUT2D eigenvalue weighted by Gasteiger charge is -2.36. The Labute approximate surface area is 267 Å². The Bertz CT molecular complexity index is 1720. The molecule has 2 aliphatic rings. The van der Waals surface area contributed by atoms with Crippen LogP contribution in [0.25, 0.3) is 0 Å². The standard InChI is InChI=1S/C31H39F2N7O5S/c1-31(2)18-40(46(43,44)23-13-20(32)12-21(33)14-23)16-25-27(31)36-37-28(25)35-30(42)24-7-6-22(39(5)10-9-38(3)4)15-26(24)34-29(41)19-8-11-45-17-19/h6-7,12-15,19H,8-11,16-18H2,1-5H3,(H,34,41)(H2,35,36,37,42). The van der Waals surface area contributed by atoms with Crippen LogP contribution in [0.1, 0.15) is 41.9 Å². The van der Waals surface area contributed by atoms with Gasteiger partial charge in [-0.2, -0.15) is 9.40 Å². The summed E-state index contributed by atoms with van der Waals surface area (Å²) >= 11 is 0. The molecule has 3 aromatic rings. The van der Waals surface area contributed by atoms with Gasteiger partial charge in [-0.25, -0.2) is 17.2 Å². The topological polar surface area (TPSA) is 140 Å². The van der Waals surface area contributed by atoms with Crippen LogP contribution >= 0.6 is 0 Å². The number of hydrogen-bond donors (Lipinski definition) is 3. The van der Waals surface area contributed by atoms with E-state index in [0.29, 0.717) is 49.2 Å². The molecule has 46 heavy (non-hydrogen) atoms. The van der Waals surface area contributed by atoms with E-state index in [1.807, 2.05) is 26.0 Å². The molecule has 1 saturated heterocycles. The van der Waals surface area contributed by atoms with Crippen molar-refractivity contribution in [2.75, 3.05) is 69.5 Å². The molecule has 3 N–H and O–H groups in total. The Balaban J connectivity index is 1.44. The minimum absolute atomic E-state index is 0.0000907. The van der Waals surface area contributed by atoms with Gasteiger partial charge in [0.1, 0.15) is 11.6 Å². The van der Waals surface area contributed by atoms with Crippen LogP contribution in [-0.2, 0) is 31.5 Å². The number of ether oxygens (including phenoxy) is 1. The Morgan fingerprint density at radius 1 is 1.09 bits per heavy atom. The molecule has 0 spiro atoms. The predicted octanol–water partition coefficient (Wildman–Crippen LogP) is 3.40. The van der Waals surface area contributed by atoms with Gasteiger partial charge in [0.25, 0.3) is 5.91 Å². The van der Waals surface area contributed by atoms with Crippen LogP contribution in [0.3, 0.4) is 0 Å². The highest BCUT2D eigenvalue weighted by Gasteiger charge is 2.41. The number of amides is 2. The molecule has 15 heteroatoms. The number of H-pyrrole nitrogens is 1. The molecular weight excluding hydrogens is 620 g/mol. The number of sulfonamides is 1. The van der Waals surface area contributed by atoms with E-state index in [2.05, 4.69) is 25.7 Å². The van der Waals surface area contributed by atoms with Crippen LogP contribution < -0.4 is 15.5 Å². The number of hydrogen-bond acceptors (Lipinski definition) is 8. The lowest BCUT2D eigenvalue weighted by molar-refractivity contribution is -0.119. The normalized spacial score (nSPS) is 18.0. The molecule has 5 rings (SSSR count). The van der Waals surface area contributed by atoms with Crippen LogP contribution in [0.5, 0.6) is 0 Å². The number of carbonyl (C=O) groups excluding carboxylic acids is 2. The van der Waals surface area contributed by atoms with E-state index in [9.17, 15) is 26.8 Å². The van der Waals surface area contributed by atoms with Gasteiger partial charge in [-0.1, -0.05) is 13.8 Å². The number of fused-ring (bicyclic) bond motifs is 1. The number of nitrogens with one attached hydrogen (secondary N) is 3. The summed E-state index contributed by atoms with van der Waals surface area (Å²) in [6, 6.07) is 7.30. The van der Waals surface area contributed by atoms with Crippen LogP contribution in [0.2, 0.25) is 0 Å². The van der Waals surface area contributed by atoms with Gasteiger partial charge in [-0.15, -0.1) is 0 Å². The molecule has 2 aliphatic heterocycles. The summed E-state index contributed by atoms with van der Waals surface area (Å²) in [4.78, 5) is 30.4. The van der Waals surface area contributed by atoms with Gasteiger partial charge in [-0.3, -0.25) is 14.7 Å². The first-order valence-corrected chi connectivity index (χ1v) is 16.3. The number of likely N-dealkylation sites (N-methyl/N-ethyl adjacent to an activating group) is 2. The van der Waals surface area contributed by atoms with Gasteiger partial charge in [-0.05, 0) is 50.8 Å². The second kappa shape index (κ2) is 13.1. The first kappa shape index (κ1) is 33.4. The van der Waals surface area contributed by atoms with Crippen LogP contribution in [0.15, 0.2) is 41.3 Å². The molecule has 3 heterocycles. The first-order chi connectivity index (χ1) is 21.7. The van der Waals surface area contributed by atoms with Gasteiger partial charge in [0, 0.05) is 68.3 Å². The summed E-state index contributed by atoms with van der Waals surface area (Å²) in [6.07, 6.45) is 0.576. The zero-order chi connectivity index (χ0) is 33.4. The quantitative estimate of drug-likeness (QED) is 0.301. The van der Waals surface area contributed by atoms with Gasteiger partial charge in [0.2, 0.25) is 15.9 Å². The summed E-state index contributed by atoms with van der Waals surface area (Å²) in [7, 11) is 1.55. The second-order valence-electron chi connectivity index (χ2n) is 12.6. The van der Waals surface area contributed by atoms with Gasteiger partial charge in [0.05, 0.1) is 28.7 Å². The van der Waals surface area contributed by atoms with Gasteiger partial charge >= 0.3 is 0 Å². The van der Waals surface area contributed by atoms with E-state index >= 15 is 0 Å². The number of carbonyl (C=O) groups is 2. The van der Waals surface area contributed by atoms with Crippen molar-refractivity contribution >= 4 is 39.0 Å². The first-order valence-electron chi connectivity index (χ1n) is 14.9. The fraction of sp³-hybridized carbons (Fsp3) is 0.452. The summed E-state index contributed by atoms with van der Waals surface area (Å²) in [5.74, 6) is -3.08. The monoisotopic (exact) mass is 659 g/mol. The highest BCUT2D eigenvalue weighted by Crippen LogP contribution is 2.38. The zero-order valence-corrected chi connectivity index (χ0v) is 27.3. The van der Waals surface area contributed by atoms with Crippen molar-refractivity contribution in [3.63, 3.8) is 0 Å². The van der Waals surface area contributed by atoms with E-state index < -0.39 is 37.9 Å². The van der Waals surface area contributed by atoms with Crippen molar-refractivity contribution in [3.8, 4) is 0 Å². The minimum Gasteiger partial charge on any atom is -0.381 e. The van der Waals surface area contributed by atoms with Crippen molar-refractivity contribution in [1.29, 1.82) is 0 Å². The van der Waals surface area contributed by atoms with Crippen LogP contribution in [0, 0.1) is 17.6 Å². The molecule has 248 valence electrons. The molecule has 1 aromatic heterocycles. The van der Waals surface area contributed by atoms with Gasteiger partial charge in [0.15, 0.2) is 5.82 Å². The molecular formula is C31H39F2N7O5S. The molecule has 2 amide bonds.